The minimum Gasteiger partial charge on any atom is -0.496 e. The summed E-state index contributed by atoms with van der Waals surface area (Å²) in [5.41, 5.74) is 7.66. The lowest BCUT2D eigenvalue weighted by Crippen LogP contribution is -2.22. The Morgan fingerprint density at radius 1 is 0.806 bits per heavy atom. The average Bonchev–Trinajstić information content (AvgIpc) is 2.78. The largest absolute Gasteiger partial charge is 0.496 e. The van der Waals surface area contributed by atoms with E-state index in [1.807, 2.05) is 60.7 Å². The van der Waals surface area contributed by atoms with Gasteiger partial charge in [-0.2, -0.15) is 0 Å². The van der Waals surface area contributed by atoms with Crippen LogP contribution in [-0.4, -0.2) is 27.3 Å². The highest BCUT2D eigenvalue weighted by molar-refractivity contribution is 14.0. The van der Waals surface area contributed by atoms with E-state index in [0.29, 0.717) is 29.5 Å². The third-order valence-corrected chi connectivity index (χ3v) is 4.29. The van der Waals surface area contributed by atoms with E-state index in [1.54, 1.807) is 27.4 Å². The van der Waals surface area contributed by atoms with Crippen LogP contribution in [0.3, 0.4) is 0 Å². The molecule has 0 amide bonds. The number of nitrogens with zero attached hydrogens (tertiary/aromatic N) is 1. The monoisotopic (exact) mass is 535 g/mol. The van der Waals surface area contributed by atoms with Gasteiger partial charge >= 0.3 is 0 Å². The Kier molecular flexibility index (Phi) is 9.26. The molecule has 3 aromatic rings. The molecule has 0 aliphatic heterocycles. The first-order valence-corrected chi connectivity index (χ1v) is 9.31. The molecule has 0 atom stereocenters. The number of hydrogen-bond acceptors (Lipinski definition) is 5. The van der Waals surface area contributed by atoms with Crippen molar-refractivity contribution in [1.29, 1.82) is 0 Å². The molecule has 3 rings (SSSR count). The molecule has 0 saturated heterocycles. The number of halogens is 1. The number of benzene rings is 3. The maximum atomic E-state index is 6.08. The zero-order valence-electron chi connectivity index (χ0n) is 17.6. The third-order valence-electron chi connectivity index (χ3n) is 4.29. The summed E-state index contributed by atoms with van der Waals surface area (Å²) >= 11 is 0. The highest BCUT2D eigenvalue weighted by Gasteiger charge is 2.11. The number of para-hydroxylation sites is 1. The van der Waals surface area contributed by atoms with E-state index >= 15 is 0 Å². The van der Waals surface area contributed by atoms with Crippen molar-refractivity contribution in [3.05, 3.63) is 72.3 Å². The van der Waals surface area contributed by atoms with Crippen molar-refractivity contribution in [3.8, 4) is 28.7 Å². The van der Waals surface area contributed by atoms with Gasteiger partial charge in [0.05, 0.1) is 27.9 Å². The molecule has 7 nitrogen and oxygen atoms in total. The third kappa shape index (κ3) is 6.68. The smallest absolute Gasteiger partial charge is 0.193 e. The maximum Gasteiger partial charge on any atom is 0.193 e. The number of ether oxygens (including phenoxy) is 4. The minimum atomic E-state index is 0. The predicted octanol–water partition coefficient (Wildman–Crippen LogP) is 5.05. The molecule has 0 aromatic heterocycles. The molecule has 3 aromatic carbocycles. The van der Waals surface area contributed by atoms with Gasteiger partial charge in [0.2, 0.25) is 0 Å². The lowest BCUT2D eigenvalue weighted by Gasteiger charge is -2.13. The van der Waals surface area contributed by atoms with E-state index in [0.717, 1.165) is 17.0 Å². The topological polar surface area (TPSA) is 87.3 Å². The molecule has 31 heavy (non-hydrogen) atoms. The van der Waals surface area contributed by atoms with Gasteiger partial charge in [0.1, 0.15) is 17.2 Å². The second kappa shape index (κ2) is 11.9. The van der Waals surface area contributed by atoms with Gasteiger partial charge in [-0.25, -0.2) is 4.99 Å². The van der Waals surface area contributed by atoms with Crippen LogP contribution in [0.1, 0.15) is 5.56 Å². The number of rotatable bonds is 8. The van der Waals surface area contributed by atoms with Crippen LogP contribution in [0.15, 0.2) is 71.7 Å². The summed E-state index contributed by atoms with van der Waals surface area (Å²) in [6.45, 7) is 0.308. The number of aliphatic imine (C=N–C) groups is 1. The highest BCUT2D eigenvalue weighted by Crippen LogP contribution is 2.35. The zero-order chi connectivity index (χ0) is 21.3. The van der Waals surface area contributed by atoms with Crippen LogP contribution in [0.5, 0.6) is 28.7 Å². The van der Waals surface area contributed by atoms with Crippen molar-refractivity contribution in [2.24, 2.45) is 10.7 Å². The fourth-order valence-electron chi connectivity index (χ4n) is 2.84. The summed E-state index contributed by atoms with van der Waals surface area (Å²) in [5.74, 6) is 3.55. The Bertz CT molecular complexity index is 1010. The summed E-state index contributed by atoms with van der Waals surface area (Å²) in [7, 11) is 4.75. The number of nitrogens with one attached hydrogen (secondary N) is 1. The Balaban J connectivity index is 0.00000341. The number of hydrogen-bond donors (Lipinski definition) is 2. The van der Waals surface area contributed by atoms with Gasteiger partial charge < -0.3 is 30.0 Å². The fourth-order valence-corrected chi connectivity index (χ4v) is 2.84. The molecule has 0 aliphatic carbocycles. The Morgan fingerprint density at radius 3 is 2.13 bits per heavy atom. The molecule has 164 valence electrons. The molecular formula is C23H26IN3O4. The summed E-state index contributed by atoms with van der Waals surface area (Å²) in [6.07, 6.45) is 0. The Labute approximate surface area is 199 Å². The molecule has 0 saturated carbocycles. The molecule has 8 heteroatoms. The second-order valence-electron chi connectivity index (χ2n) is 6.29. The van der Waals surface area contributed by atoms with E-state index in [4.69, 9.17) is 24.7 Å². The standard InChI is InChI=1S/C23H25N3O4.HI/c1-27-20-14-22(29-3)21(28-2)12-16(20)15-25-23(24)26-17-8-7-11-19(13-17)30-18-9-5-4-6-10-18;/h4-14H,15H2,1-3H3,(H3,24,25,26);1H. The van der Waals surface area contributed by atoms with Crippen molar-refractivity contribution in [2.75, 3.05) is 26.6 Å². The van der Waals surface area contributed by atoms with Crippen molar-refractivity contribution >= 4 is 35.6 Å². The van der Waals surface area contributed by atoms with Gasteiger partial charge in [-0.05, 0) is 30.3 Å². The molecule has 0 fully saturated rings. The zero-order valence-corrected chi connectivity index (χ0v) is 20.0. The summed E-state index contributed by atoms with van der Waals surface area (Å²) < 4.78 is 21.9. The van der Waals surface area contributed by atoms with Crippen LogP contribution in [0, 0.1) is 0 Å². The second-order valence-corrected chi connectivity index (χ2v) is 6.29. The fraction of sp³-hybridized carbons (Fsp3) is 0.174. The van der Waals surface area contributed by atoms with Crippen LogP contribution >= 0.6 is 24.0 Å². The lowest BCUT2D eigenvalue weighted by atomic mass is 10.1. The van der Waals surface area contributed by atoms with Gasteiger partial charge in [0.25, 0.3) is 0 Å². The SMILES string of the molecule is COc1cc(OC)c(OC)cc1CN=C(N)Nc1cccc(Oc2ccccc2)c1.I. The molecule has 0 unspecified atom stereocenters. The molecule has 0 radical (unpaired) electrons. The average molecular weight is 535 g/mol. The van der Waals surface area contributed by atoms with Crippen molar-refractivity contribution in [3.63, 3.8) is 0 Å². The summed E-state index contributed by atoms with van der Waals surface area (Å²) in [5, 5.41) is 3.08. The van der Waals surface area contributed by atoms with Crippen LogP contribution in [0.2, 0.25) is 0 Å². The van der Waals surface area contributed by atoms with Crippen LogP contribution in [0.4, 0.5) is 5.69 Å². The van der Waals surface area contributed by atoms with E-state index in [9.17, 15) is 0 Å². The van der Waals surface area contributed by atoms with E-state index in [-0.39, 0.29) is 29.9 Å². The van der Waals surface area contributed by atoms with Crippen LogP contribution in [0.25, 0.3) is 0 Å². The van der Waals surface area contributed by atoms with Crippen LogP contribution in [-0.2, 0) is 6.54 Å². The molecule has 3 N–H and O–H groups in total. The summed E-state index contributed by atoms with van der Waals surface area (Å²) in [6, 6.07) is 20.7. The molecule has 0 bridgehead atoms. The Hall–Kier alpha value is -3.14. The van der Waals surface area contributed by atoms with Crippen molar-refractivity contribution in [2.45, 2.75) is 6.54 Å². The van der Waals surface area contributed by atoms with Gasteiger partial charge in [-0.3, -0.25) is 0 Å². The van der Waals surface area contributed by atoms with Gasteiger partial charge in [0.15, 0.2) is 17.5 Å². The summed E-state index contributed by atoms with van der Waals surface area (Å²) in [4.78, 5) is 4.41. The molecule has 0 aliphatic rings. The lowest BCUT2D eigenvalue weighted by molar-refractivity contribution is 0.347. The first-order valence-electron chi connectivity index (χ1n) is 9.31. The first-order chi connectivity index (χ1) is 14.6. The normalized spacial score (nSPS) is 10.6. The highest BCUT2D eigenvalue weighted by atomic mass is 127. The molecule has 0 heterocycles. The van der Waals surface area contributed by atoms with Crippen molar-refractivity contribution in [1.82, 2.24) is 0 Å². The molecular weight excluding hydrogens is 509 g/mol. The number of nitrogens with two attached hydrogens (primary N) is 1. The number of methoxy groups -OCH3 is 3. The quantitative estimate of drug-likeness (QED) is 0.239. The van der Waals surface area contributed by atoms with E-state index < -0.39 is 0 Å². The van der Waals surface area contributed by atoms with E-state index in [1.165, 1.54) is 0 Å². The predicted molar refractivity (Wildman–Crippen MR) is 133 cm³/mol. The maximum absolute atomic E-state index is 6.08. The van der Waals surface area contributed by atoms with Gasteiger partial charge in [-0.1, -0.05) is 24.3 Å². The van der Waals surface area contributed by atoms with E-state index in [2.05, 4.69) is 10.3 Å². The van der Waals surface area contributed by atoms with Crippen molar-refractivity contribution < 1.29 is 18.9 Å². The number of anilines is 1. The number of guanidine groups is 1. The molecule has 0 spiro atoms. The van der Waals surface area contributed by atoms with Crippen LogP contribution < -0.4 is 30.0 Å². The first kappa shape index (κ1) is 24.1. The van der Waals surface area contributed by atoms with Gasteiger partial charge in [0, 0.05) is 23.4 Å². The Morgan fingerprint density at radius 2 is 1.45 bits per heavy atom. The van der Waals surface area contributed by atoms with Gasteiger partial charge in [-0.15, -0.1) is 24.0 Å². The minimum absolute atomic E-state index is 0.